The Kier molecular flexibility index (Phi) is 8.25. The molecule has 1 saturated heterocycles. The fourth-order valence-corrected chi connectivity index (χ4v) is 5.73. The number of nitrogens with zero attached hydrogens (tertiary/aromatic N) is 2. The van der Waals surface area contributed by atoms with Crippen molar-refractivity contribution in [2.24, 2.45) is 10.7 Å². The van der Waals surface area contributed by atoms with Gasteiger partial charge in [0.15, 0.2) is 0 Å². The number of amidine groups is 1. The minimum atomic E-state index is -1.08. The van der Waals surface area contributed by atoms with Crippen LogP contribution in [0.1, 0.15) is 68.2 Å². The predicted molar refractivity (Wildman–Crippen MR) is 125 cm³/mol. The number of hydrogen-bond acceptors (Lipinski definition) is 7. The zero-order chi connectivity index (χ0) is 23.3. The van der Waals surface area contributed by atoms with E-state index in [-0.39, 0.29) is 17.8 Å². The van der Waals surface area contributed by atoms with Crippen molar-refractivity contribution in [3.63, 3.8) is 0 Å². The molecule has 1 aromatic rings. The number of likely N-dealkylation sites (N-methyl/N-ethyl adjacent to an activating group) is 1. The van der Waals surface area contributed by atoms with Gasteiger partial charge in [-0.3, -0.25) is 19.4 Å². The van der Waals surface area contributed by atoms with Gasteiger partial charge in [-0.25, -0.2) is 0 Å². The normalized spacial score (nSPS) is 20.8. The highest BCUT2D eigenvalue weighted by Gasteiger charge is 2.35. The van der Waals surface area contributed by atoms with Crippen LogP contribution >= 0.6 is 11.3 Å². The summed E-state index contributed by atoms with van der Waals surface area (Å²) in [7, 11) is 1.65. The number of carboxylic acids is 1. The molecule has 2 amide bonds. The Hall–Kier alpha value is -2.46. The van der Waals surface area contributed by atoms with E-state index in [4.69, 9.17) is 10.8 Å². The molecule has 32 heavy (non-hydrogen) atoms. The van der Waals surface area contributed by atoms with Crippen LogP contribution in [0.5, 0.6) is 0 Å². The molecule has 3 rings (SSSR count). The van der Waals surface area contributed by atoms with Crippen molar-refractivity contribution in [1.29, 1.82) is 0 Å². The molecular formula is C22H33N5O4S. The third-order valence-corrected chi connectivity index (χ3v) is 7.30. The van der Waals surface area contributed by atoms with Crippen LogP contribution in [0.2, 0.25) is 0 Å². The Morgan fingerprint density at radius 2 is 1.97 bits per heavy atom. The standard InChI is InChI=1S/C22H33N5O4S/c1-13(23)20(30)26-19(25-12-18(28)29)17-11-15(14-7-4-3-5-8-14)22(32-17)27-10-6-9-16(27)21(31)24-2/h11,13-14,16H,3-10,12,23H2,1-2H3,(H,24,31)(H,28,29)(H,25,26,30)/t13-,16-/m0/s1. The van der Waals surface area contributed by atoms with Gasteiger partial charge in [-0.05, 0) is 50.2 Å². The van der Waals surface area contributed by atoms with Gasteiger partial charge >= 0.3 is 5.97 Å². The van der Waals surface area contributed by atoms with Gasteiger partial charge in [0.1, 0.15) is 18.4 Å². The minimum absolute atomic E-state index is 0.00271. The van der Waals surface area contributed by atoms with Crippen molar-refractivity contribution in [2.45, 2.75) is 69.9 Å². The molecule has 1 saturated carbocycles. The first-order chi connectivity index (χ1) is 15.3. The first kappa shape index (κ1) is 24.2. The second kappa shape index (κ2) is 10.9. The summed E-state index contributed by atoms with van der Waals surface area (Å²) in [6, 6.07) is 1.04. The molecule has 5 N–H and O–H groups in total. The van der Waals surface area contributed by atoms with Crippen LogP contribution in [0.15, 0.2) is 11.1 Å². The maximum Gasteiger partial charge on any atom is 0.325 e. The van der Waals surface area contributed by atoms with Crippen molar-refractivity contribution in [1.82, 2.24) is 10.6 Å². The van der Waals surface area contributed by atoms with E-state index in [9.17, 15) is 14.4 Å². The number of rotatable bonds is 7. The molecule has 2 fully saturated rings. The Bertz CT molecular complexity index is 876. The predicted octanol–water partition coefficient (Wildman–Crippen LogP) is 1.81. The summed E-state index contributed by atoms with van der Waals surface area (Å²) in [4.78, 5) is 42.9. The average molecular weight is 464 g/mol. The lowest BCUT2D eigenvalue weighted by Crippen LogP contribution is -2.42. The molecule has 0 spiro atoms. The molecule has 1 aliphatic carbocycles. The van der Waals surface area contributed by atoms with Crippen LogP contribution in [0.3, 0.4) is 0 Å². The molecule has 1 aliphatic heterocycles. The lowest BCUT2D eigenvalue weighted by atomic mass is 9.84. The van der Waals surface area contributed by atoms with Crippen molar-refractivity contribution in [3.8, 4) is 0 Å². The quantitative estimate of drug-likeness (QED) is 0.359. The molecule has 0 bridgehead atoms. The van der Waals surface area contributed by atoms with Gasteiger partial charge in [-0.1, -0.05) is 19.3 Å². The lowest BCUT2D eigenvalue weighted by molar-refractivity contribution is -0.135. The van der Waals surface area contributed by atoms with E-state index < -0.39 is 24.5 Å². The van der Waals surface area contributed by atoms with E-state index in [1.54, 1.807) is 14.0 Å². The number of carbonyl (C=O) groups is 3. The topological polar surface area (TPSA) is 137 Å². The monoisotopic (exact) mass is 463 g/mol. The smallest absolute Gasteiger partial charge is 0.325 e. The van der Waals surface area contributed by atoms with Crippen molar-refractivity contribution in [3.05, 3.63) is 16.5 Å². The first-order valence-electron chi connectivity index (χ1n) is 11.3. The summed E-state index contributed by atoms with van der Waals surface area (Å²) in [5.74, 6) is -0.913. The Morgan fingerprint density at radius 1 is 1.25 bits per heavy atom. The maximum absolute atomic E-state index is 12.5. The highest BCUT2D eigenvalue weighted by atomic mass is 32.1. The zero-order valence-electron chi connectivity index (χ0n) is 18.7. The van der Waals surface area contributed by atoms with Gasteiger partial charge in [0, 0.05) is 13.6 Å². The molecule has 2 atom stereocenters. The van der Waals surface area contributed by atoms with Crippen molar-refractivity contribution < 1.29 is 19.5 Å². The van der Waals surface area contributed by atoms with E-state index in [1.807, 2.05) is 6.07 Å². The number of carbonyl (C=O) groups excluding carboxylic acids is 2. The van der Waals surface area contributed by atoms with E-state index >= 15 is 0 Å². The van der Waals surface area contributed by atoms with Crippen LogP contribution in [0.4, 0.5) is 5.00 Å². The molecule has 1 aromatic heterocycles. The lowest BCUT2D eigenvalue weighted by Gasteiger charge is -2.29. The molecule has 0 unspecified atom stereocenters. The number of anilines is 1. The number of nitrogens with one attached hydrogen (secondary N) is 2. The fourth-order valence-electron chi connectivity index (χ4n) is 4.45. The first-order valence-corrected chi connectivity index (χ1v) is 12.1. The molecule has 0 aromatic carbocycles. The van der Waals surface area contributed by atoms with Gasteiger partial charge in [0.2, 0.25) is 11.8 Å². The third kappa shape index (κ3) is 5.66. The number of nitrogens with two attached hydrogens (primary N) is 1. The molecular weight excluding hydrogens is 430 g/mol. The second-order valence-corrected chi connectivity index (χ2v) is 9.54. The van der Waals surface area contributed by atoms with Crippen LogP contribution in [-0.2, 0) is 14.4 Å². The van der Waals surface area contributed by atoms with Gasteiger partial charge in [0.25, 0.3) is 0 Å². The fraction of sp³-hybridized carbons (Fsp3) is 0.636. The highest BCUT2D eigenvalue weighted by Crippen LogP contribution is 2.44. The summed E-state index contributed by atoms with van der Waals surface area (Å²) >= 11 is 1.46. The van der Waals surface area contributed by atoms with Crippen LogP contribution in [-0.4, -0.2) is 60.9 Å². The molecule has 2 heterocycles. The van der Waals surface area contributed by atoms with Crippen molar-refractivity contribution >= 4 is 40.0 Å². The highest BCUT2D eigenvalue weighted by molar-refractivity contribution is 7.18. The summed E-state index contributed by atoms with van der Waals surface area (Å²) in [6.45, 7) is 1.90. The summed E-state index contributed by atoms with van der Waals surface area (Å²) in [6.07, 6.45) is 7.42. The molecule has 10 heteroatoms. The van der Waals surface area contributed by atoms with Crippen molar-refractivity contribution in [2.75, 3.05) is 25.0 Å². The molecule has 0 radical (unpaired) electrons. The number of thiophene rings is 1. The van der Waals surface area contributed by atoms with E-state index in [1.165, 1.54) is 23.3 Å². The number of carboxylic acid groups (broad SMARTS) is 1. The SMILES string of the molecule is CNC(=O)[C@@H]1CCCN1c1sc(C(=NCC(=O)O)NC(=O)[C@H](C)N)cc1C1CCCCC1. The van der Waals surface area contributed by atoms with E-state index in [2.05, 4.69) is 20.5 Å². The minimum Gasteiger partial charge on any atom is -0.480 e. The molecule has 2 aliphatic rings. The van der Waals surface area contributed by atoms with Gasteiger partial charge < -0.3 is 26.4 Å². The summed E-state index contributed by atoms with van der Waals surface area (Å²) < 4.78 is 0. The summed E-state index contributed by atoms with van der Waals surface area (Å²) in [5, 5.41) is 15.6. The molecule has 9 nitrogen and oxygen atoms in total. The Balaban J connectivity index is 2.03. The maximum atomic E-state index is 12.5. The Labute approximate surface area is 192 Å². The summed E-state index contributed by atoms with van der Waals surface area (Å²) in [5.41, 5.74) is 6.87. The number of aliphatic imine (C=N–C) groups is 1. The zero-order valence-corrected chi connectivity index (χ0v) is 19.5. The number of amides is 2. The van der Waals surface area contributed by atoms with Gasteiger partial charge in [-0.2, -0.15) is 0 Å². The largest absolute Gasteiger partial charge is 0.480 e. The van der Waals surface area contributed by atoms with E-state index in [0.29, 0.717) is 10.8 Å². The second-order valence-electron chi connectivity index (χ2n) is 8.51. The third-order valence-electron chi connectivity index (χ3n) is 6.11. The van der Waals surface area contributed by atoms with Crippen LogP contribution < -0.4 is 21.3 Å². The van der Waals surface area contributed by atoms with Gasteiger partial charge in [-0.15, -0.1) is 11.3 Å². The van der Waals surface area contributed by atoms with Crippen LogP contribution in [0, 0.1) is 0 Å². The van der Waals surface area contributed by atoms with E-state index in [0.717, 1.165) is 50.1 Å². The Morgan fingerprint density at radius 3 is 2.59 bits per heavy atom. The average Bonchev–Trinajstić information content (AvgIpc) is 3.43. The number of aliphatic carboxylic acids is 1. The van der Waals surface area contributed by atoms with Crippen LogP contribution in [0.25, 0.3) is 0 Å². The van der Waals surface area contributed by atoms with Gasteiger partial charge in [0.05, 0.1) is 15.9 Å². The number of hydrogen-bond donors (Lipinski definition) is 4. The molecule has 176 valence electrons.